The van der Waals surface area contributed by atoms with E-state index in [1.165, 1.54) is 29.6 Å². The predicted molar refractivity (Wildman–Crippen MR) is 116 cm³/mol. The van der Waals surface area contributed by atoms with E-state index < -0.39 is 15.9 Å². The Morgan fingerprint density at radius 3 is 2.62 bits per heavy atom. The average molecular weight is 458 g/mol. The summed E-state index contributed by atoms with van der Waals surface area (Å²) in [7, 11) is -2.45. The molecule has 4 rings (SSSR count). The van der Waals surface area contributed by atoms with Crippen molar-refractivity contribution in [2.24, 2.45) is 0 Å². The summed E-state index contributed by atoms with van der Waals surface area (Å²) in [4.78, 5) is 16.7. The zero-order chi connectivity index (χ0) is 22.6. The second kappa shape index (κ2) is 9.47. The van der Waals surface area contributed by atoms with Crippen LogP contribution < -0.4 is 10.1 Å². The maximum absolute atomic E-state index is 13.1. The number of hydrogen-bond donors (Lipinski definition) is 1. The van der Waals surface area contributed by atoms with Crippen LogP contribution in [0.25, 0.3) is 0 Å². The number of sulfonamides is 1. The van der Waals surface area contributed by atoms with Gasteiger partial charge in [-0.2, -0.15) is 9.40 Å². The molecule has 2 aromatic heterocycles. The van der Waals surface area contributed by atoms with Gasteiger partial charge in [0.1, 0.15) is 10.6 Å². The second-order valence-electron chi connectivity index (χ2n) is 7.09. The summed E-state index contributed by atoms with van der Waals surface area (Å²) in [6, 6.07) is 9.76. The summed E-state index contributed by atoms with van der Waals surface area (Å²) in [5.41, 5.74) is 1.20. The highest BCUT2D eigenvalue weighted by molar-refractivity contribution is 7.89. The molecule has 0 unspecified atom stereocenters. The van der Waals surface area contributed by atoms with Crippen molar-refractivity contribution in [1.29, 1.82) is 0 Å². The number of anilines is 1. The lowest BCUT2D eigenvalue weighted by molar-refractivity contribution is 0.0729. The number of carbonyl (C=O) groups excluding carboxylic acids is 1. The highest BCUT2D eigenvalue weighted by Gasteiger charge is 2.30. The normalized spacial score (nSPS) is 14.8. The summed E-state index contributed by atoms with van der Waals surface area (Å²) in [6.45, 7) is 1.67. The molecular formula is C21H23N5O5S. The quantitative estimate of drug-likeness (QED) is 0.573. The Kier molecular flexibility index (Phi) is 6.49. The van der Waals surface area contributed by atoms with Gasteiger partial charge in [0, 0.05) is 43.3 Å². The molecule has 1 saturated heterocycles. The molecule has 0 bridgehead atoms. The van der Waals surface area contributed by atoms with Crippen molar-refractivity contribution in [2.45, 2.75) is 11.4 Å². The Morgan fingerprint density at radius 2 is 1.91 bits per heavy atom. The zero-order valence-corrected chi connectivity index (χ0v) is 18.3. The van der Waals surface area contributed by atoms with Crippen LogP contribution >= 0.6 is 0 Å². The molecule has 0 saturated carbocycles. The third-order valence-corrected chi connectivity index (χ3v) is 6.91. The van der Waals surface area contributed by atoms with Crippen molar-refractivity contribution in [1.82, 2.24) is 19.1 Å². The summed E-state index contributed by atoms with van der Waals surface area (Å²) < 4.78 is 39.7. The number of nitrogens with one attached hydrogen (secondary N) is 1. The van der Waals surface area contributed by atoms with Crippen LogP contribution in [0.4, 0.5) is 5.82 Å². The van der Waals surface area contributed by atoms with Crippen LogP contribution in [0, 0.1) is 0 Å². The Labute approximate surface area is 185 Å². The minimum absolute atomic E-state index is 0.0576. The topological polar surface area (TPSA) is 116 Å². The first-order valence-electron chi connectivity index (χ1n) is 9.97. The van der Waals surface area contributed by atoms with E-state index in [9.17, 15) is 13.2 Å². The molecule has 10 nitrogen and oxygen atoms in total. The number of pyridine rings is 1. The van der Waals surface area contributed by atoms with Crippen LogP contribution in [-0.2, 0) is 21.3 Å². The van der Waals surface area contributed by atoms with E-state index in [1.807, 2.05) is 12.1 Å². The Bertz CT molecular complexity index is 1190. The van der Waals surface area contributed by atoms with E-state index in [4.69, 9.17) is 9.47 Å². The van der Waals surface area contributed by atoms with E-state index in [-0.39, 0.29) is 29.3 Å². The van der Waals surface area contributed by atoms with Gasteiger partial charge in [-0.25, -0.2) is 8.42 Å². The Balaban J connectivity index is 1.52. The van der Waals surface area contributed by atoms with Gasteiger partial charge in [-0.1, -0.05) is 0 Å². The van der Waals surface area contributed by atoms with Crippen LogP contribution in [-0.4, -0.2) is 66.8 Å². The molecule has 1 aliphatic rings. The van der Waals surface area contributed by atoms with Crippen LogP contribution in [0.2, 0.25) is 0 Å². The lowest BCUT2D eigenvalue weighted by atomic mass is 10.2. The fraction of sp³-hybridized carbons (Fsp3) is 0.286. The number of rotatable bonds is 7. The molecule has 32 heavy (non-hydrogen) atoms. The van der Waals surface area contributed by atoms with Crippen LogP contribution in [0.3, 0.4) is 0 Å². The molecule has 1 fully saturated rings. The summed E-state index contributed by atoms with van der Waals surface area (Å²) in [5.74, 6) is 0.0624. The predicted octanol–water partition coefficient (Wildman–Crippen LogP) is 1.61. The first-order valence-corrected chi connectivity index (χ1v) is 11.4. The number of morpholine rings is 1. The highest BCUT2D eigenvalue weighted by Crippen LogP contribution is 2.28. The molecule has 1 N–H and O–H groups in total. The number of hydrogen-bond acceptors (Lipinski definition) is 7. The van der Waals surface area contributed by atoms with Gasteiger partial charge in [-0.15, -0.1) is 0 Å². The van der Waals surface area contributed by atoms with E-state index >= 15 is 0 Å². The third kappa shape index (κ3) is 4.79. The van der Waals surface area contributed by atoms with Crippen molar-refractivity contribution in [3.8, 4) is 5.75 Å². The Hall–Kier alpha value is -3.28. The van der Waals surface area contributed by atoms with E-state index in [1.54, 1.807) is 29.3 Å². The summed E-state index contributed by atoms with van der Waals surface area (Å²) in [5, 5.41) is 7.06. The minimum Gasteiger partial charge on any atom is -0.495 e. The number of nitrogens with zero attached hydrogens (tertiary/aromatic N) is 4. The van der Waals surface area contributed by atoms with Gasteiger partial charge in [0.25, 0.3) is 5.91 Å². The number of amides is 1. The molecule has 168 valence electrons. The van der Waals surface area contributed by atoms with Crippen LogP contribution in [0.5, 0.6) is 5.75 Å². The van der Waals surface area contributed by atoms with Gasteiger partial charge in [0.05, 0.1) is 26.9 Å². The highest BCUT2D eigenvalue weighted by atomic mass is 32.2. The molecule has 0 aliphatic carbocycles. The first kappa shape index (κ1) is 21.9. The van der Waals surface area contributed by atoms with E-state index in [0.29, 0.717) is 25.6 Å². The molecule has 3 heterocycles. The van der Waals surface area contributed by atoms with Crippen LogP contribution in [0.1, 0.15) is 15.9 Å². The molecular weight excluding hydrogens is 434 g/mol. The fourth-order valence-corrected chi connectivity index (χ4v) is 4.92. The molecule has 1 aliphatic heterocycles. The van der Waals surface area contributed by atoms with Gasteiger partial charge in [-0.3, -0.25) is 14.5 Å². The van der Waals surface area contributed by atoms with Gasteiger partial charge < -0.3 is 14.8 Å². The summed E-state index contributed by atoms with van der Waals surface area (Å²) >= 11 is 0. The fourth-order valence-electron chi connectivity index (χ4n) is 3.33. The standard InChI is InChI=1S/C21H23N5O5S/c1-30-18-3-2-17(14-19(18)32(28,29)26-10-12-31-13-11-26)21(27)23-20-6-9-25(24-20)15-16-4-7-22-8-5-16/h2-9,14H,10-13,15H2,1H3,(H,23,24,27). The monoisotopic (exact) mass is 457 g/mol. The van der Waals surface area contributed by atoms with Crippen molar-refractivity contribution in [3.05, 3.63) is 66.1 Å². The molecule has 1 aromatic carbocycles. The molecule has 11 heteroatoms. The van der Waals surface area contributed by atoms with Gasteiger partial charge in [0.15, 0.2) is 5.82 Å². The first-order chi connectivity index (χ1) is 15.5. The van der Waals surface area contributed by atoms with Crippen molar-refractivity contribution in [2.75, 3.05) is 38.7 Å². The minimum atomic E-state index is -3.84. The number of benzene rings is 1. The zero-order valence-electron chi connectivity index (χ0n) is 17.5. The van der Waals surface area contributed by atoms with Crippen molar-refractivity contribution < 1.29 is 22.7 Å². The van der Waals surface area contributed by atoms with E-state index in [2.05, 4.69) is 15.4 Å². The maximum atomic E-state index is 13.1. The molecule has 0 radical (unpaired) electrons. The summed E-state index contributed by atoms with van der Waals surface area (Å²) in [6.07, 6.45) is 5.15. The molecule has 0 atom stereocenters. The lowest BCUT2D eigenvalue weighted by Gasteiger charge is -2.26. The maximum Gasteiger partial charge on any atom is 0.256 e. The largest absolute Gasteiger partial charge is 0.495 e. The van der Waals surface area contributed by atoms with E-state index in [0.717, 1.165) is 5.56 Å². The molecule has 1 amide bonds. The Morgan fingerprint density at radius 1 is 1.16 bits per heavy atom. The number of ether oxygens (including phenoxy) is 2. The smallest absolute Gasteiger partial charge is 0.256 e. The van der Waals surface area contributed by atoms with Gasteiger partial charge in [0.2, 0.25) is 10.0 Å². The van der Waals surface area contributed by atoms with Crippen molar-refractivity contribution in [3.63, 3.8) is 0 Å². The lowest BCUT2D eigenvalue weighted by Crippen LogP contribution is -2.40. The van der Waals surface area contributed by atoms with Gasteiger partial charge >= 0.3 is 0 Å². The third-order valence-electron chi connectivity index (χ3n) is 4.99. The van der Waals surface area contributed by atoms with Gasteiger partial charge in [-0.05, 0) is 35.9 Å². The molecule has 3 aromatic rings. The molecule has 0 spiro atoms. The average Bonchev–Trinajstić information content (AvgIpc) is 3.26. The second-order valence-corrected chi connectivity index (χ2v) is 9.00. The van der Waals surface area contributed by atoms with Crippen LogP contribution in [0.15, 0.2) is 59.9 Å². The number of methoxy groups -OCH3 is 1. The number of aromatic nitrogens is 3. The SMILES string of the molecule is COc1ccc(C(=O)Nc2ccn(Cc3ccncc3)n2)cc1S(=O)(=O)N1CCOCC1. The van der Waals surface area contributed by atoms with Crippen molar-refractivity contribution >= 4 is 21.7 Å². The number of carbonyl (C=O) groups is 1.